The first-order valence-corrected chi connectivity index (χ1v) is 7.10. The van der Waals surface area contributed by atoms with Crippen LogP contribution in [0.15, 0.2) is 54.4 Å². The Kier molecular flexibility index (Phi) is 3.46. The molecule has 0 aromatic heterocycles. The van der Waals surface area contributed by atoms with Crippen LogP contribution in [0.2, 0.25) is 0 Å². The molecule has 1 aromatic carbocycles. The van der Waals surface area contributed by atoms with Gasteiger partial charge in [-0.05, 0) is 24.0 Å². The Hall–Kier alpha value is -0.610. The molecule has 0 amide bonds. The molecule has 0 heterocycles. The molecular formula is C13H11BrF2S. The number of thioether (sulfide) groups is 1. The van der Waals surface area contributed by atoms with E-state index in [-0.39, 0.29) is 0 Å². The molecule has 1 aromatic rings. The number of hydrogen-bond donors (Lipinski definition) is 0. The van der Waals surface area contributed by atoms with Gasteiger partial charge in [0, 0.05) is 0 Å². The van der Waals surface area contributed by atoms with Crippen LogP contribution < -0.4 is 0 Å². The smallest absolute Gasteiger partial charge is 0.219 e. The van der Waals surface area contributed by atoms with Crippen LogP contribution >= 0.6 is 27.7 Å². The lowest BCUT2D eigenvalue weighted by molar-refractivity contribution is 0.338. The molecule has 0 spiro atoms. The third-order valence-electron chi connectivity index (χ3n) is 2.72. The van der Waals surface area contributed by atoms with E-state index in [9.17, 15) is 8.78 Å². The zero-order valence-corrected chi connectivity index (χ0v) is 11.6. The van der Waals surface area contributed by atoms with Crippen LogP contribution in [-0.2, 0) is 4.32 Å². The van der Waals surface area contributed by atoms with Gasteiger partial charge in [-0.1, -0.05) is 52.3 Å². The molecule has 0 aliphatic heterocycles. The van der Waals surface area contributed by atoms with Crippen molar-refractivity contribution >= 4 is 27.7 Å². The number of benzene rings is 1. The van der Waals surface area contributed by atoms with Crippen LogP contribution in [0.1, 0.15) is 5.56 Å². The second kappa shape index (κ2) is 4.58. The molecular weight excluding hydrogens is 306 g/mol. The van der Waals surface area contributed by atoms with E-state index in [1.807, 2.05) is 30.3 Å². The quantitative estimate of drug-likeness (QED) is 0.561. The number of alkyl halides is 2. The van der Waals surface area contributed by atoms with Gasteiger partial charge in [-0.25, -0.2) is 8.78 Å². The molecule has 2 unspecified atom stereocenters. The molecule has 2 atom stereocenters. The van der Waals surface area contributed by atoms with Crippen molar-refractivity contribution in [2.75, 3.05) is 6.26 Å². The summed E-state index contributed by atoms with van der Waals surface area (Å²) in [7, 11) is 0. The summed E-state index contributed by atoms with van der Waals surface area (Å²) in [5.74, 6) is -0.770. The second-order valence-corrected chi connectivity index (χ2v) is 6.12. The predicted octanol–water partition coefficient (Wildman–Crippen LogP) is 4.73. The lowest BCUT2D eigenvalue weighted by Crippen LogP contribution is -2.25. The summed E-state index contributed by atoms with van der Waals surface area (Å²) in [6.07, 6.45) is 5.72. The summed E-state index contributed by atoms with van der Waals surface area (Å²) in [4.78, 5) is 0. The zero-order chi connectivity index (χ0) is 12.5. The maximum Gasteiger partial charge on any atom is 0.225 e. The maximum atomic E-state index is 14.0. The van der Waals surface area contributed by atoms with Gasteiger partial charge < -0.3 is 0 Å². The number of hydrogen-bond acceptors (Lipinski definition) is 1. The van der Waals surface area contributed by atoms with Gasteiger partial charge in [-0.15, -0.1) is 11.8 Å². The Morgan fingerprint density at radius 3 is 2.35 bits per heavy atom. The number of halogens is 3. The van der Waals surface area contributed by atoms with Crippen LogP contribution in [0.5, 0.6) is 0 Å². The standard InChI is InChI=1S/C13H11BrF2S/c1-17-13(16)8-7-12(14,9-11(13)15)10-5-3-2-4-6-10/h2-9H,1H3. The number of rotatable bonds is 2. The van der Waals surface area contributed by atoms with E-state index in [4.69, 9.17) is 0 Å². The molecule has 1 aliphatic carbocycles. The van der Waals surface area contributed by atoms with E-state index in [1.165, 1.54) is 12.2 Å². The molecule has 0 saturated heterocycles. The highest BCUT2D eigenvalue weighted by Gasteiger charge is 2.39. The van der Waals surface area contributed by atoms with Gasteiger partial charge in [-0.2, -0.15) is 0 Å². The molecule has 0 saturated carbocycles. The normalized spacial score (nSPS) is 32.4. The minimum Gasteiger partial charge on any atom is -0.219 e. The lowest BCUT2D eigenvalue weighted by atomic mass is 9.93. The van der Waals surface area contributed by atoms with E-state index in [0.717, 1.165) is 17.3 Å². The summed E-state index contributed by atoms with van der Waals surface area (Å²) in [5, 5.41) is -2.04. The van der Waals surface area contributed by atoms with E-state index >= 15 is 0 Å². The van der Waals surface area contributed by atoms with Gasteiger partial charge in [0.1, 0.15) is 5.83 Å². The first kappa shape index (κ1) is 12.8. The molecule has 17 heavy (non-hydrogen) atoms. The van der Waals surface area contributed by atoms with E-state index in [0.29, 0.717) is 0 Å². The van der Waals surface area contributed by atoms with Gasteiger partial charge in [0.2, 0.25) is 5.00 Å². The summed E-state index contributed by atoms with van der Waals surface area (Å²) in [5.41, 5.74) is 0.870. The average molecular weight is 317 g/mol. The third-order valence-corrected chi connectivity index (χ3v) is 4.59. The van der Waals surface area contributed by atoms with Crippen molar-refractivity contribution in [1.29, 1.82) is 0 Å². The van der Waals surface area contributed by atoms with Crippen molar-refractivity contribution in [3.05, 3.63) is 60.0 Å². The monoisotopic (exact) mass is 316 g/mol. The fourth-order valence-corrected chi connectivity index (χ4v) is 2.73. The SMILES string of the molecule is CSC1(F)C=CC(Br)(c2ccccc2)C=C1F. The summed E-state index contributed by atoms with van der Waals surface area (Å²) >= 11 is 4.28. The van der Waals surface area contributed by atoms with Crippen LogP contribution in [0.4, 0.5) is 8.78 Å². The molecule has 90 valence electrons. The molecule has 2 rings (SSSR count). The van der Waals surface area contributed by atoms with Crippen LogP contribution in [-0.4, -0.2) is 11.3 Å². The summed E-state index contributed by atoms with van der Waals surface area (Å²) in [6.45, 7) is 0. The van der Waals surface area contributed by atoms with Crippen LogP contribution in [0.3, 0.4) is 0 Å². The Bertz CT molecular complexity index is 472. The Labute approximate surface area is 112 Å². The highest BCUT2D eigenvalue weighted by atomic mass is 79.9. The van der Waals surface area contributed by atoms with Gasteiger partial charge in [-0.3, -0.25) is 0 Å². The van der Waals surface area contributed by atoms with E-state index < -0.39 is 15.2 Å². The topological polar surface area (TPSA) is 0 Å². The van der Waals surface area contributed by atoms with Crippen LogP contribution in [0.25, 0.3) is 0 Å². The molecule has 0 nitrogen and oxygen atoms in total. The van der Waals surface area contributed by atoms with E-state index in [1.54, 1.807) is 12.3 Å². The Morgan fingerprint density at radius 2 is 1.82 bits per heavy atom. The Balaban J connectivity index is 2.42. The van der Waals surface area contributed by atoms with Crippen molar-refractivity contribution in [2.45, 2.75) is 9.33 Å². The molecule has 0 N–H and O–H groups in total. The van der Waals surface area contributed by atoms with Crippen molar-refractivity contribution in [3.8, 4) is 0 Å². The van der Waals surface area contributed by atoms with E-state index in [2.05, 4.69) is 15.9 Å². The van der Waals surface area contributed by atoms with Gasteiger partial charge in [0.25, 0.3) is 0 Å². The average Bonchev–Trinajstić information content (AvgIpc) is 2.36. The first-order chi connectivity index (χ1) is 8.00. The molecule has 4 heteroatoms. The molecule has 0 radical (unpaired) electrons. The predicted molar refractivity (Wildman–Crippen MR) is 72.7 cm³/mol. The highest BCUT2D eigenvalue weighted by molar-refractivity contribution is 9.09. The second-order valence-electron chi connectivity index (χ2n) is 3.81. The van der Waals surface area contributed by atoms with Crippen molar-refractivity contribution in [2.24, 2.45) is 0 Å². The Morgan fingerprint density at radius 1 is 1.18 bits per heavy atom. The summed E-state index contributed by atoms with van der Waals surface area (Å²) < 4.78 is 27.0. The largest absolute Gasteiger partial charge is 0.225 e. The molecule has 1 aliphatic rings. The van der Waals surface area contributed by atoms with Crippen molar-refractivity contribution in [3.63, 3.8) is 0 Å². The zero-order valence-electron chi connectivity index (χ0n) is 9.16. The van der Waals surface area contributed by atoms with Crippen molar-refractivity contribution in [1.82, 2.24) is 0 Å². The molecule has 0 bridgehead atoms. The van der Waals surface area contributed by atoms with Gasteiger partial charge in [0.15, 0.2) is 0 Å². The van der Waals surface area contributed by atoms with Gasteiger partial charge >= 0.3 is 0 Å². The minimum atomic E-state index is -2.04. The molecule has 0 fully saturated rings. The fraction of sp³-hybridized carbons (Fsp3) is 0.231. The lowest BCUT2D eigenvalue weighted by Gasteiger charge is -2.29. The third kappa shape index (κ3) is 2.33. The first-order valence-electron chi connectivity index (χ1n) is 5.08. The van der Waals surface area contributed by atoms with Crippen molar-refractivity contribution < 1.29 is 8.78 Å². The highest BCUT2D eigenvalue weighted by Crippen LogP contribution is 2.46. The number of allylic oxidation sites excluding steroid dienone is 2. The fourth-order valence-electron chi connectivity index (χ4n) is 1.68. The maximum absolute atomic E-state index is 14.0. The minimum absolute atomic E-state index is 0.760. The summed E-state index contributed by atoms with van der Waals surface area (Å²) in [6, 6.07) is 9.35. The van der Waals surface area contributed by atoms with Gasteiger partial charge in [0.05, 0.1) is 4.32 Å². The van der Waals surface area contributed by atoms with Crippen LogP contribution in [0, 0.1) is 0 Å².